The molecule has 60 heavy (non-hydrogen) atoms. The smallest absolute Gasteiger partial charge is 0.306 e. The zero-order valence-electron chi connectivity index (χ0n) is 39.3. The van der Waals surface area contributed by atoms with Crippen molar-refractivity contribution in [3.8, 4) is 0 Å². The van der Waals surface area contributed by atoms with Gasteiger partial charge in [0.2, 0.25) is 5.91 Å². The fourth-order valence-electron chi connectivity index (χ4n) is 7.23. The van der Waals surface area contributed by atoms with Crippen LogP contribution < -0.4 is 5.32 Å². The highest BCUT2D eigenvalue weighted by molar-refractivity contribution is 5.77. The van der Waals surface area contributed by atoms with E-state index in [1.807, 2.05) is 0 Å². The molecular formula is C54H95NO5. The standard InChI is InChI=1S/C54H95NO5/c1-4-7-10-13-16-19-21-23-25-27-29-31-34-36-39-42-45-50(48-53(58)55-51(49-56)52(57)46-43-40-37-33-18-15-12-9-6-3)60-54(59)47-44-41-38-35-32-30-28-26-24-22-20-17-14-11-8-5-2/h8,11,17,20,24-27,29-32,50-52,56-57H,4-7,9-10,12-16,18-19,21-23,28,33-49H2,1-3H3,(H,55,58)/b11-8+,20-17+,26-24+,27-25+,31-29+,32-30+. The summed E-state index contributed by atoms with van der Waals surface area (Å²) in [7, 11) is 0. The Bertz CT molecular complexity index is 1120. The van der Waals surface area contributed by atoms with Gasteiger partial charge in [0.1, 0.15) is 6.10 Å². The molecule has 0 heterocycles. The number of carbonyl (C=O) groups excluding carboxylic acids is 2. The zero-order chi connectivity index (χ0) is 43.8. The summed E-state index contributed by atoms with van der Waals surface area (Å²) >= 11 is 0. The van der Waals surface area contributed by atoms with Crippen LogP contribution in [0.25, 0.3) is 0 Å². The first-order valence-corrected chi connectivity index (χ1v) is 25.2. The minimum Gasteiger partial charge on any atom is -0.462 e. The van der Waals surface area contributed by atoms with Crippen molar-refractivity contribution in [3.63, 3.8) is 0 Å². The van der Waals surface area contributed by atoms with Crippen molar-refractivity contribution in [2.75, 3.05) is 6.61 Å². The third kappa shape index (κ3) is 42.0. The van der Waals surface area contributed by atoms with Gasteiger partial charge in [0.05, 0.1) is 25.2 Å². The molecule has 0 bridgehead atoms. The Morgan fingerprint density at radius 3 is 1.48 bits per heavy atom. The topological polar surface area (TPSA) is 95.9 Å². The molecule has 3 atom stereocenters. The number of aliphatic hydroxyl groups is 2. The monoisotopic (exact) mass is 838 g/mol. The first kappa shape index (κ1) is 57.3. The number of hydrogen-bond acceptors (Lipinski definition) is 5. The maximum Gasteiger partial charge on any atom is 0.306 e. The predicted molar refractivity (Wildman–Crippen MR) is 259 cm³/mol. The first-order chi connectivity index (χ1) is 29.5. The molecule has 0 aliphatic heterocycles. The van der Waals surface area contributed by atoms with Crippen LogP contribution in [0.4, 0.5) is 0 Å². The van der Waals surface area contributed by atoms with Crippen LogP contribution in [0, 0.1) is 0 Å². The lowest BCUT2D eigenvalue weighted by molar-refractivity contribution is -0.151. The van der Waals surface area contributed by atoms with E-state index < -0.39 is 18.2 Å². The fraction of sp³-hybridized carbons (Fsp3) is 0.741. The molecule has 346 valence electrons. The average molecular weight is 838 g/mol. The maximum atomic E-state index is 13.2. The second-order valence-corrected chi connectivity index (χ2v) is 16.9. The van der Waals surface area contributed by atoms with Gasteiger partial charge in [-0.25, -0.2) is 0 Å². The van der Waals surface area contributed by atoms with Gasteiger partial charge in [-0.15, -0.1) is 0 Å². The normalized spacial score (nSPS) is 13.9. The molecule has 0 aliphatic carbocycles. The third-order valence-electron chi connectivity index (χ3n) is 11.0. The van der Waals surface area contributed by atoms with Crippen LogP contribution in [0.2, 0.25) is 0 Å². The van der Waals surface area contributed by atoms with E-state index >= 15 is 0 Å². The third-order valence-corrected chi connectivity index (χ3v) is 11.0. The molecular weight excluding hydrogens is 743 g/mol. The van der Waals surface area contributed by atoms with E-state index in [-0.39, 0.29) is 24.9 Å². The molecule has 6 nitrogen and oxygen atoms in total. The number of hydrogen-bond donors (Lipinski definition) is 3. The Hall–Kier alpha value is -2.70. The summed E-state index contributed by atoms with van der Waals surface area (Å²) in [5.41, 5.74) is 0. The molecule has 0 aromatic heterocycles. The number of amides is 1. The minimum absolute atomic E-state index is 0.0439. The van der Waals surface area contributed by atoms with Gasteiger partial charge in [-0.1, -0.05) is 203 Å². The molecule has 1 amide bonds. The summed E-state index contributed by atoms with van der Waals surface area (Å²) in [6.07, 6.45) is 59.6. The highest BCUT2D eigenvalue weighted by atomic mass is 16.5. The zero-order valence-corrected chi connectivity index (χ0v) is 39.3. The number of esters is 1. The van der Waals surface area contributed by atoms with E-state index in [0.29, 0.717) is 19.3 Å². The quantitative estimate of drug-likeness (QED) is 0.0246. The molecule has 0 aromatic carbocycles. The molecule has 0 aromatic rings. The Balaban J connectivity index is 4.71. The fourth-order valence-corrected chi connectivity index (χ4v) is 7.23. The largest absolute Gasteiger partial charge is 0.462 e. The second kappa shape index (κ2) is 47.4. The van der Waals surface area contributed by atoms with Gasteiger partial charge in [-0.05, 0) is 89.9 Å². The van der Waals surface area contributed by atoms with E-state index in [9.17, 15) is 19.8 Å². The first-order valence-electron chi connectivity index (χ1n) is 25.2. The molecule has 0 fully saturated rings. The summed E-state index contributed by atoms with van der Waals surface area (Å²) in [5.74, 6) is -0.540. The Labute approximate surface area is 371 Å². The van der Waals surface area contributed by atoms with Gasteiger partial charge in [0.25, 0.3) is 0 Å². The summed E-state index contributed by atoms with van der Waals surface area (Å²) < 4.78 is 5.90. The number of aliphatic hydroxyl groups excluding tert-OH is 2. The van der Waals surface area contributed by atoms with Crippen LogP contribution >= 0.6 is 0 Å². The van der Waals surface area contributed by atoms with E-state index in [0.717, 1.165) is 103 Å². The van der Waals surface area contributed by atoms with Crippen molar-refractivity contribution in [2.24, 2.45) is 0 Å². The van der Waals surface area contributed by atoms with E-state index in [1.54, 1.807) is 0 Å². The van der Waals surface area contributed by atoms with Crippen LogP contribution in [0.3, 0.4) is 0 Å². The Kier molecular flexibility index (Phi) is 45.2. The summed E-state index contributed by atoms with van der Waals surface area (Å²) in [5, 5.41) is 23.6. The van der Waals surface area contributed by atoms with E-state index in [4.69, 9.17) is 4.74 Å². The van der Waals surface area contributed by atoms with Crippen molar-refractivity contribution >= 4 is 11.9 Å². The number of rotatable bonds is 44. The highest BCUT2D eigenvalue weighted by Crippen LogP contribution is 2.17. The second-order valence-electron chi connectivity index (χ2n) is 16.9. The van der Waals surface area contributed by atoms with Crippen LogP contribution in [0.15, 0.2) is 72.9 Å². The molecule has 3 N–H and O–H groups in total. The van der Waals surface area contributed by atoms with Gasteiger partial charge in [-0.2, -0.15) is 0 Å². The van der Waals surface area contributed by atoms with Crippen molar-refractivity contribution in [3.05, 3.63) is 72.9 Å². The molecule has 6 heteroatoms. The van der Waals surface area contributed by atoms with Crippen molar-refractivity contribution in [1.29, 1.82) is 0 Å². The average Bonchev–Trinajstić information content (AvgIpc) is 3.24. The van der Waals surface area contributed by atoms with Gasteiger partial charge >= 0.3 is 5.97 Å². The molecule has 0 rings (SSSR count). The van der Waals surface area contributed by atoms with Crippen LogP contribution in [0.5, 0.6) is 0 Å². The summed E-state index contributed by atoms with van der Waals surface area (Å²) in [4.78, 5) is 26.1. The van der Waals surface area contributed by atoms with Crippen molar-refractivity contribution in [2.45, 2.75) is 251 Å². The van der Waals surface area contributed by atoms with Gasteiger partial charge in [0, 0.05) is 6.42 Å². The number of unbranched alkanes of at least 4 members (excludes halogenated alkanes) is 21. The predicted octanol–water partition coefficient (Wildman–Crippen LogP) is 15.0. The number of ether oxygens (including phenoxy) is 1. The van der Waals surface area contributed by atoms with Gasteiger partial charge in [0.15, 0.2) is 0 Å². The molecule has 3 unspecified atom stereocenters. The molecule has 0 aliphatic rings. The maximum absolute atomic E-state index is 13.2. The van der Waals surface area contributed by atoms with Crippen LogP contribution in [-0.2, 0) is 14.3 Å². The highest BCUT2D eigenvalue weighted by Gasteiger charge is 2.24. The van der Waals surface area contributed by atoms with Gasteiger partial charge < -0.3 is 20.3 Å². The summed E-state index contributed by atoms with van der Waals surface area (Å²) in [6, 6.07) is -0.718. The lowest BCUT2D eigenvalue weighted by Gasteiger charge is -2.24. The van der Waals surface area contributed by atoms with E-state index in [2.05, 4.69) is 99.0 Å². The van der Waals surface area contributed by atoms with Crippen molar-refractivity contribution in [1.82, 2.24) is 5.32 Å². The SMILES string of the molecule is CC/C=C/C/C=C/C/C=C/C/C=C/CCCCCC(=O)OC(CCCCC/C=C/C=C/CCCCCCCCC)CC(=O)NC(CO)C(O)CCCCCCCCCCC. The number of allylic oxidation sites excluding steroid dienone is 12. The number of nitrogens with one attached hydrogen (secondary N) is 1. The van der Waals surface area contributed by atoms with Crippen LogP contribution in [0.1, 0.15) is 233 Å². The molecule has 0 saturated carbocycles. The lowest BCUT2D eigenvalue weighted by atomic mass is 10.0. The van der Waals surface area contributed by atoms with Gasteiger partial charge in [-0.3, -0.25) is 9.59 Å². The Morgan fingerprint density at radius 2 is 0.950 bits per heavy atom. The molecule has 0 spiro atoms. The minimum atomic E-state index is -0.801. The van der Waals surface area contributed by atoms with Crippen molar-refractivity contribution < 1.29 is 24.5 Å². The summed E-state index contributed by atoms with van der Waals surface area (Å²) in [6.45, 7) is 6.32. The number of carbonyl (C=O) groups is 2. The molecule has 0 saturated heterocycles. The molecule has 0 radical (unpaired) electrons. The van der Waals surface area contributed by atoms with E-state index in [1.165, 1.54) is 83.5 Å². The lowest BCUT2D eigenvalue weighted by Crippen LogP contribution is -2.46. The van der Waals surface area contributed by atoms with Crippen LogP contribution in [-0.4, -0.2) is 46.9 Å². The Morgan fingerprint density at radius 1 is 0.517 bits per heavy atom.